The Morgan fingerprint density at radius 1 is 1.31 bits per heavy atom. The molecular formula is C12H15N. The Morgan fingerprint density at radius 3 is 2.77 bits per heavy atom. The van der Waals surface area contributed by atoms with Gasteiger partial charge >= 0.3 is 0 Å². The van der Waals surface area contributed by atoms with Crippen LogP contribution in [0.2, 0.25) is 0 Å². The SMILES string of the molecule is CCc1cccc2c(C)cn(C)c12. The molecule has 0 bridgehead atoms. The van der Waals surface area contributed by atoms with Crippen LogP contribution in [-0.4, -0.2) is 4.57 Å². The van der Waals surface area contributed by atoms with Crippen LogP contribution in [0.25, 0.3) is 10.9 Å². The molecule has 2 aromatic rings. The molecule has 13 heavy (non-hydrogen) atoms. The van der Waals surface area contributed by atoms with Crippen LogP contribution in [0.5, 0.6) is 0 Å². The second-order valence-corrected chi connectivity index (χ2v) is 3.59. The molecule has 1 aromatic carbocycles. The minimum absolute atomic E-state index is 1.11. The van der Waals surface area contributed by atoms with Gasteiger partial charge in [-0.15, -0.1) is 0 Å². The summed E-state index contributed by atoms with van der Waals surface area (Å²) in [5.74, 6) is 0. The van der Waals surface area contributed by atoms with Crippen molar-refractivity contribution in [2.75, 3.05) is 0 Å². The summed E-state index contributed by atoms with van der Waals surface area (Å²) in [5.41, 5.74) is 4.20. The Labute approximate surface area is 79.0 Å². The highest BCUT2D eigenvalue weighted by molar-refractivity contribution is 5.86. The third-order valence-corrected chi connectivity index (χ3v) is 2.67. The fraction of sp³-hybridized carbons (Fsp3) is 0.333. The average molecular weight is 173 g/mol. The van der Waals surface area contributed by atoms with E-state index >= 15 is 0 Å². The Balaban J connectivity index is 2.88. The molecule has 0 unspecified atom stereocenters. The molecule has 1 heteroatoms. The number of hydrogen-bond acceptors (Lipinski definition) is 0. The monoisotopic (exact) mass is 173 g/mol. The Kier molecular flexibility index (Phi) is 1.87. The lowest BCUT2D eigenvalue weighted by Crippen LogP contribution is -1.89. The number of aryl methyl sites for hydroxylation is 3. The zero-order valence-corrected chi connectivity index (χ0v) is 8.46. The molecular weight excluding hydrogens is 158 g/mol. The van der Waals surface area contributed by atoms with E-state index in [1.54, 1.807) is 0 Å². The van der Waals surface area contributed by atoms with Gasteiger partial charge in [-0.05, 0) is 24.5 Å². The summed E-state index contributed by atoms with van der Waals surface area (Å²) < 4.78 is 2.23. The van der Waals surface area contributed by atoms with E-state index in [9.17, 15) is 0 Å². The number of benzene rings is 1. The molecule has 0 saturated heterocycles. The molecule has 1 nitrogen and oxygen atoms in total. The van der Waals surface area contributed by atoms with Crippen LogP contribution in [0.15, 0.2) is 24.4 Å². The first-order valence-corrected chi connectivity index (χ1v) is 4.77. The number of fused-ring (bicyclic) bond motifs is 1. The maximum Gasteiger partial charge on any atom is 0.0512 e. The fourth-order valence-electron chi connectivity index (χ4n) is 2.04. The molecule has 0 saturated carbocycles. The number of rotatable bonds is 1. The van der Waals surface area contributed by atoms with Crippen LogP contribution < -0.4 is 0 Å². The summed E-state index contributed by atoms with van der Waals surface area (Å²) >= 11 is 0. The van der Waals surface area contributed by atoms with Gasteiger partial charge in [0.1, 0.15) is 0 Å². The smallest absolute Gasteiger partial charge is 0.0512 e. The molecule has 0 atom stereocenters. The van der Waals surface area contributed by atoms with Crippen molar-refractivity contribution < 1.29 is 0 Å². The zero-order valence-electron chi connectivity index (χ0n) is 8.46. The van der Waals surface area contributed by atoms with Gasteiger partial charge < -0.3 is 4.57 Å². The summed E-state index contributed by atoms with van der Waals surface area (Å²) in [7, 11) is 2.12. The predicted molar refractivity (Wildman–Crippen MR) is 57.0 cm³/mol. The van der Waals surface area contributed by atoms with Crippen molar-refractivity contribution in [1.82, 2.24) is 4.57 Å². The van der Waals surface area contributed by atoms with Crippen LogP contribution in [0.3, 0.4) is 0 Å². The molecule has 0 fully saturated rings. The largest absolute Gasteiger partial charge is 0.350 e. The minimum Gasteiger partial charge on any atom is -0.350 e. The van der Waals surface area contributed by atoms with Crippen molar-refractivity contribution in [2.24, 2.45) is 7.05 Å². The lowest BCUT2D eigenvalue weighted by Gasteiger charge is -2.02. The normalized spacial score (nSPS) is 11.0. The van der Waals surface area contributed by atoms with Gasteiger partial charge in [0.05, 0.1) is 5.52 Å². The molecule has 1 aromatic heterocycles. The molecule has 0 amide bonds. The van der Waals surface area contributed by atoms with E-state index in [4.69, 9.17) is 0 Å². The summed E-state index contributed by atoms with van der Waals surface area (Å²) in [6.07, 6.45) is 3.30. The van der Waals surface area contributed by atoms with Gasteiger partial charge in [0.2, 0.25) is 0 Å². The number of aromatic nitrogens is 1. The lowest BCUT2D eigenvalue weighted by atomic mass is 10.1. The topological polar surface area (TPSA) is 4.93 Å². The van der Waals surface area contributed by atoms with E-state index in [0.717, 1.165) is 6.42 Å². The predicted octanol–water partition coefficient (Wildman–Crippen LogP) is 3.05. The molecule has 0 aliphatic heterocycles. The van der Waals surface area contributed by atoms with Gasteiger partial charge in [-0.3, -0.25) is 0 Å². The molecule has 0 spiro atoms. The Bertz CT molecular complexity index is 438. The van der Waals surface area contributed by atoms with Gasteiger partial charge in [0.15, 0.2) is 0 Å². The van der Waals surface area contributed by atoms with Crippen LogP contribution in [0, 0.1) is 6.92 Å². The van der Waals surface area contributed by atoms with Gasteiger partial charge in [-0.1, -0.05) is 25.1 Å². The Morgan fingerprint density at radius 2 is 2.08 bits per heavy atom. The summed E-state index contributed by atoms with van der Waals surface area (Å²) in [4.78, 5) is 0. The second kappa shape index (κ2) is 2.91. The van der Waals surface area contributed by atoms with E-state index in [1.165, 1.54) is 22.0 Å². The van der Waals surface area contributed by atoms with Crippen molar-refractivity contribution in [3.05, 3.63) is 35.5 Å². The summed E-state index contributed by atoms with van der Waals surface area (Å²) in [6.45, 7) is 4.37. The highest BCUT2D eigenvalue weighted by Crippen LogP contribution is 2.23. The highest BCUT2D eigenvalue weighted by atomic mass is 14.9. The van der Waals surface area contributed by atoms with Gasteiger partial charge in [0.25, 0.3) is 0 Å². The maximum absolute atomic E-state index is 2.23. The van der Waals surface area contributed by atoms with E-state index < -0.39 is 0 Å². The third kappa shape index (κ3) is 1.15. The molecule has 0 radical (unpaired) electrons. The van der Waals surface area contributed by atoms with Gasteiger partial charge in [0, 0.05) is 18.6 Å². The first-order chi connectivity index (χ1) is 6.24. The van der Waals surface area contributed by atoms with Crippen molar-refractivity contribution in [2.45, 2.75) is 20.3 Å². The van der Waals surface area contributed by atoms with Crippen LogP contribution >= 0.6 is 0 Å². The number of hydrogen-bond donors (Lipinski definition) is 0. The standard InChI is InChI=1S/C12H15N/c1-4-10-6-5-7-11-9(2)8-13(3)12(10)11/h5-8H,4H2,1-3H3. The molecule has 0 N–H and O–H groups in total. The lowest BCUT2D eigenvalue weighted by molar-refractivity contribution is 0.951. The molecule has 2 rings (SSSR count). The maximum atomic E-state index is 2.23. The molecule has 0 aliphatic rings. The summed E-state index contributed by atoms with van der Waals surface area (Å²) in [6, 6.07) is 6.56. The minimum atomic E-state index is 1.11. The second-order valence-electron chi connectivity index (χ2n) is 3.59. The van der Waals surface area contributed by atoms with E-state index in [0.29, 0.717) is 0 Å². The molecule has 1 heterocycles. The van der Waals surface area contributed by atoms with E-state index in [-0.39, 0.29) is 0 Å². The van der Waals surface area contributed by atoms with Gasteiger partial charge in [-0.25, -0.2) is 0 Å². The van der Waals surface area contributed by atoms with Crippen LogP contribution in [0.1, 0.15) is 18.1 Å². The first-order valence-electron chi connectivity index (χ1n) is 4.77. The van der Waals surface area contributed by atoms with Crippen molar-refractivity contribution in [3.63, 3.8) is 0 Å². The molecule has 68 valence electrons. The number of para-hydroxylation sites is 1. The highest BCUT2D eigenvalue weighted by Gasteiger charge is 2.05. The Hall–Kier alpha value is -1.24. The van der Waals surface area contributed by atoms with Crippen molar-refractivity contribution in [3.8, 4) is 0 Å². The van der Waals surface area contributed by atoms with Crippen LogP contribution in [-0.2, 0) is 13.5 Å². The fourth-order valence-corrected chi connectivity index (χ4v) is 2.04. The van der Waals surface area contributed by atoms with Crippen LogP contribution in [0.4, 0.5) is 0 Å². The summed E-state index contributed by atoms with van der Waals surface area (Å²) in [5, 5.41) is 1.39. The third-order valence-electron chi connectivity index (χ3n) is 2.67. The van der Waals surface area contributed by atoms with Gasteiger partial charge in [-0.2, -0.15) is 0 Å². The van der Waals surface area contributed by atoms with Crippen molar-refractivity contribution in [1.29, 1.82) is 0 Å². The average Bonchev–Trinajstić information content (AvgIpc) is 2.43. The zero-order chi connectivity index (χ0) is 9.42. The van der Waals surface area contributed by atoms with E-state index in [2.05, 4.69) is 49.9 Å². The number of nitrogens with zero attached hydrogens (tertiary/aromatic N) is 1. The first kappa shape index (κ1) is 8.36. The van der Waals surface area contributed by atoms with E-state index in [1.807, 2.05) is 0 Å². The quantitative estimate of drug-likeness (QED) is 0.624. The van der Waals surface area contributed by atoms with Crippen molar-refractivity contribution >= 4 is 10.9 Å². The molecule has 0 aliphatic carbocycles.